The van der Waals surface area contributed by atoms with Gasteiger partial charge in [0.2, 0.25) is 0 Å². The number of hydrogen-bond donors (Lipinski definition) is 0. The Hall–Kier alpha value is -3.08. The number of allylic oxidation sites excluding steroid dienone is 1. The first-order valence-electron chi connectivity index (χ1n) is 9.14. The van der Waals surface area contributed by atoms with Gasteiger partial charge in [0.25, 0.3) is 0 Å². The van der Waals surface area contributed by atoms with E-state index in [0.717, 1.165) is 23.4 Å². The third-order valence-electron chi connectivity index (χ3n) is 4.76. The fourth-order valence-electron chi connectivity index (χ4n) is 3.26. The first kappa shape index (κ1) is 22.1. The normalized spacial score (nSPS) is 16.3. The molecule has 0 saturated heterocycles. The molecule has 0 saturated carbocycles. The summed E-state index contributed by atoms with van der Waals surface area (Å²) in [7, 11) is 0. The summed E-state index contributed by atoms with van der Waals surface area (Å²) in [6.07, 6.45) is -6.54. The molecular formula is C21H13F6N3OS. The number of aromatic nitrogens is 2. The molecule has 0 bridgehead atoms. The van der Waals surface area contributed by atoms with Crippen LogP contribution in [-0.4, -0.2) is 20.7 Å². The molecule has 0 unspecified atom stereocenters. The van der Waals surface area contributed by atoms with Crippen LogP contribution in [-0.2, 0) is 18.9 Å². The van der Waals surface area contributed by atoms with E-state index in [0.29, 0.717) is 27.6 Å². The van der Waals surface area contributed by atoms with Gasteiger partial charge in [-0.1, -0.05) is 12.1 Å². The zero-order valence-corrected chi connectivity index (χ0v) is 17.1. The van der Waals surface area contributed by atoms with E-state index < -0.39 is 23.5 Å². The lowest BCUT2D eigenvalue weighted by molar-refractivity contribution is -0.143. The Morgan fingerprint density at radius 3 is 2.41 bits per heavy atom. The van der Waals surface area contributed by atoms with Crippen LogP contribution in [0.25, 0.3) is 17.0 Å². The zero-order valence-electron chi connectivity index (χ0n) is 16.3. The fourth-order valence-corrected chi connectivity index (χ4v) is 4.02. The van der Waals surface area contributed by atoms with Crippen molar-refractivity contribution in [2.75, 3.05) is 0 Å². The second-order valence-corrected chi connectivity index (χ2v) is 8.08. The van der Waals surface area contributed by atoms with Crippen molar-refractivity contribution in [1.29, 1.82) is 0 Å². The molecule has 0 aliphatic carbocycles. The number of alkyl halides is 6. The molecule has 4 rings (SSSR count). The second kappa shape index (κ2) is 7.80. The largest absolute Gasteiger partial charge is 0.416 e. The van der Waals surface area contributed by atoms with Crippen molar-refractivity contribution < 1.29 is 31.1 Å². The quantitative estimate of drug-likeness (QED) is 0.397. The molecule has 1 aromatic heterocycles. The standard InChI is InChI=1S/C21H13F6N3OS/c1-11-18(32-19(31)28-11)7-12-2-5-17-14(6-12)10-30(29-17)9-13-3-4-15(20(22,23)24)8-16(13)21(25,26)27/h2-8,10H,9H2,1H3/b18-7-. The van der Waals surface area contributed by atoms with Crippen LogP contribution in [0.5, 0.6) is 0 Å². The highest BCUT2D eigenvalue weighted by molar-refractivity contribution is 8.18. The van der Waals surface area contributed by atoms with Gasteiger partial charge >= 0.3 is 17.6 Å². The molecule has 1 aliphatic rings. The molecule has 0 fully saturated rings. The van der Waals surface area contributed by atoms with Crippen LogP contribution in [0.4, 0.5) is 31.1 Å². The maximum Gasteiger partial charge on any atom is 0.416 e. The predicted molar refractivity (Wildman–Crippen MR) is 109 cm³/mol. The maximum atomic E-state index is 13.4. The predicted octanol–water partition coefficient (Wildman–Crippen LogP) is 6.79. The van der Waals surface area contributed by atoms with Crippen LogP contribution in [0.2, 0.25) is 0 Å². The number of hydrogen-bond acceptors (Lipinski definition) is 3. The Balaban J connectivity index is 1.66. The lowest BCUT2D eigenvalue weighted by Gasteiger charge is -2.16. The molecule has 0 atom stereocenters. The lowest BCUT2D eigenvalue weighted by atomic mass is 10.0. The summed E-state index contributed by atoms with van der Waals surface area (Å²) in [6, 6.07) is 6.73. The Bertz CT molecular complexity index is 1290. The number of carbonyl (C=O) groups is 1. The van der Waals surface area contributed by atoms with Crippen LogP contribution in [0.1, 0.15) is 29.2 Å². The first-order valence-corrected chi connectivity index (χ1v) is 9.95. The molecule has 2 heterocycles. The number of benzene rings is 2. The van der Waals surface area contributed by atoms with Crippen molar-refractivity contribution >= 4 is 39.7 Å². The second-order valence-electron chi connectivity index (χ2n) is 7.09. The first-order chi connectivity index (χ1) is 14.9. The van der Waals surface area contributed by atoms with Gasteiger partial charge < -0.3 is 0 Å². The van der Waals surface area contributed by atoms with Crippen LogP contribution in [0.3, 0.4) is 0 Å². The van der Waals surface area contributed by atoms with Gasteiger partial charge in [0, 0.05) is 16.5 Å². The van der Waals surface area contributed by atoms with Crippen molar-refractivity contribution in [1.82, 2.24) is 9.78 Å². The zero-order chi connectivity index (χ0) is 23.3. The van der Waals surface area contributed by atoms with E-state index >= 15 is 0 Å². The maximum absolute atomic E-state index is 13.4. The van der Waals surface area contributed by atoms with E-state index in [-0.39, 0.29) is 23.4 Å². The Labute approximate surface area is 181 Å². The lowest BCUT2D eigenvalue weighted by Crippen LogP contribution is -2.15. The van der Waals surface area contributed by atoms with Crippen molar-refractivity contribution in [3.8, 4) is 0 Å². The summed E-state index contributed by atoms with van der Waals surface area (Å²) in [5, 5.41) is 4.55. The summed E-state index contributed by atoms with van der Waals surface area (Å²) in [5.74, 6) is 0. The fraction of sp³-hybridized carbons (Fsp3) is 0.190. The molecule has 1 amide bonds. The Morgan fingerprint density at radius 1 is 1.03 bits per heavy atom. The highest BCUT2D eigenvalue weighted by Crippen LogP contribution is 2.37. The van der Waals surface area contributed by atoms with Gasteiger partial charge in [-0.15, -0.1) is 0 Å². The Morgan fingerprint density at radius 2 is 1.78 bits per heavy atom. The SMILES string of the molecule is CC1=NC(=O)S/C1=C\c1ccc2nn(Cc3ccc(C(F)(F)F)cc3C(F)(F)F)cc2c1. The molecule has 166 valence electrons. The number of aliphatic imine (C=N–C) groups is 1. The molecule has 11 heteroatoms. The van der Waals surface area contributed by atoms with E-state index in [4.69, 9.17) is 0 Å². The number of halogens is 6. The number of amides is 1. The van der Waals surface area contributed by atoms with Gasteiger partial charge in [-0.2, -0.15) is 31.4 Å². The van der Waals surface area contributed by atoms with Crippen molar-refractivity contribution in [3.05, 3.63) is 69.8 Å². The third kappa shape index (κ3) is 4.57. The van der Waals surface area contributed by atoms with Crippen molar-refractivity contribution in [2.24, 2.45) is 4.99 Å². The molecule has 2 aromatic carbocycles. The highest BCUT2D eigenvalue weighted by atomic mass is 32.2. The Kier molecular flexibility index (Phi) is 5.40. The summed E-state index contributed by atoms with van der Waals surface area (Å²) in [5.41, 5.74) is -1.19. The van der Waals surface area contributed by atoms with Crippen LogP contribution >= 0.6 is 11.8 Å². The molecule has 0 spiro atoms. The molecule has 1 aliphatic heterocycles. The summed E-state index contributed by atoms with van der Waals surface area (Å²) < 4.78 is 80.0. The number of thioether (sulfide) groups is 1. The van der Waals surface area contributed by atoms with Gasteiger partial charge in [0.15, 0.2) is 0 Å². The molecule has 4 nitrogen and oxygen atoms in total. The number of nitrogens with zero attached hydrogens (tertiary/aromatic N) is 3. The minimum atomic E-state index is -4.95. The minimum absolute atomic E-state index is 0.118. The minimum Gasteiger partial charge on any atom is -0.267 e. The van der Waals surface area contributed by atoms with Gasteiger partial charge in [-0.25, -0.2) is 4.99 Å². The topological polar surface area (TPSA) is 47.2 Å². The van der Waals surface area contributed by atoms with Crippen LogP contribution in [0.15, 0.2) is 52.5 Å². The average molecular weight is 469 g/mol. The van der Waals surface area contributed by atoms with E-state index in [2.05, 4.69) is 10.1 Å². The summed E-state index contributed by atoms with van der Waals surface area (Å²) in [4.78, 5) is 15.9. The van der Waals surface area contributed by atoms with Gasteiger partial charge in [-0.05, 0) is 60.2 Å². The smallest absolute Gasteiger partial charge is 0.267 e. The van der Waals surface area contributed by atoms with E-state index in [1.165, 1.54) is 10.9 Å². The molecule has 3 aromatic rings. The molecule has 0 N–H and O–H groups in total. The van der Waals surface area contributed by atoms with Crippen molar-refractivity contribution in [2.45, 2.75) is 25.8 Å². The third-order valence-corrected chi connectivity index (χ3v) is 5.66. The number of carbonyl (C=O) groups excluding carboxylic acids is 1. The number of rotatable bonds is 3. The van der Waals surface area contributed by atoms with Crippen LogP contribution < -0.4 is 0 Å². The van der Waals surface area contributed by atoms with E-state index in [1.807, 2.05) is 0 Å². The molecule has 0 radical (unpaired) electrons. The summed E-state index contributed by atoms with van der Waals surface area (Å²) in [6.45, 7) is 1.36. The summed E-state index contributed by atoms with van der Waals surface area (Å²) >= 11 is 0.999. The average Bonchev–Trinajstić information content (AvgIpc) is 3.21. The molecule has 32 heavy (non-hydrogen) atoms. The van der Waals surface area contributed by atoms with Gasteiger partial charge in [0.05, 0.1) is 28.9 Å². The highest BCUT2D eigenvalue weighted by Gasteiger charge is 2.38. The monoisotopic (exact) mass is 469 g/mol. The van der Waals surface area contributed by atoms with Gasteiger partial charge in [-0.3, -0.25) is 9.48 Å². The van der Waals surface area contributed by atoms with Crippen molar-refractivity contribution in [3.63, 3.8) is 0 Å². The van der Waals surface area contributed by atoms with E-state index in [9.17, 15) is 31.1 Å². The van der Waals surface area contributed by atoms with E-state index in [1.54, 1.807) is 31.2 Å². The molecular weight excluding hydrogens is 456 g/mol. The number of fused-ring (bicyclic) bond motifs is 1. The van der Waals surface area contributed by atoms with Crippen LogP contribution in [0, 0.1) is 0 Å². The van der Waals surface area contributed by atoms with Gasteiger partial charge in [0.1, 0.15) is 0 Å².